The third-order valence-electron chi connectivity index (χ3n) is 4.18. The van der Waals surface area contributed by atoms with Crippen LogP contribution in [0.3, 0.4) is 0 Å². The Morgan fingerprint density at radius 2 is 1.94 bits per heavy atom. The van der Waals surface area contributed by atoms with Crippen molar-refractivity contribution in [3.8, 4) is 5.82 Å². The smallest absolute Gasteiger partial charge is 0.293 e. The van der Waals surface area contributed by atoms with E-state index < -0.39 is 5.91 Å². The normalized spacial score (nSPS) is 11.0. The van der Waals surface area contributed by atoms with E-state index in [4.69, 9.17) is 17.3 Å². The average Bonchev–Trinajstić information content (AvgIpc) is 3.40. The van der Waals surface area contributed by atoms with Crippen LogP contribution in [0.4, 0.5) is 11.5 Å². The number of carbonyl (C=O) groups is 1. The van der Waals surface area contributed by atoms with Crippen molar-refractivity contribution in [2.24, 2.45) is 5.10 Å². The van der Waals surface area contributed by atoms with E-state index >= 15 is 0 Å². The van der Waals surface area contributed by atoms with E-state index in [1.807, 2.05) is 36.4 Å². The Labute approximate surface area is 180 Å². The van der Waals surface area contributed by atoms with Gasteiger partial charge >= 0.3 is 0 Å². The van der Waals surface area contributed by atoms with Crippen molar-refractivity contribution in [1.29, 1.82) is 0 Å². The van der Waals surface area contributed by atoms with Crippen LogP contribution in [0.2, 0.25) is 5.02 Å². The summed E-state index contributed by atoms with van der Waals surface area (Å²) in [6, 6.07) is 16.5. The highest BCUT2D eigenvalue weighted by molar-refractivity contribution is 6.33. The summed E-state index contributed by atoms with van der Waals surface area (Å²) in [5, 5.41) is 22.9. The molecule has 0 unspecified atom stereocenters. The Kier molecular flexibility index (Phi) is 5.85. The zero-order valence-electron chi connectivity index (χ0n) is 15.9. The Balaban J connectivity index is 1.58. The first-order valence-corrected chi connectivity index (χ1v) is 9.41. The number of hydrogen-bond acceptors (Lipinski definition) is 9. The molecule has 156 valence electrons. The summed E-state index contributed by atoms with van der Waals surface area (Å²) in [6.45, 7) is 0.195. The number of anilines is 2. The van der Waals surface area contributed by atoms with E-state index in [9.17, 15) is 4.79 Å². The number of nitrogens with zero attached hydrogens (tertiary/aromatic N) is 6. The second kappa shape index (κ2) is 9.05. The van der Waals surface area contributed by atoms with Gasteiger partial charge in [-0.15, -0.1) is 5.10 Å². The maximum atomic E-state index is 12.7. The Morgan fingerprint density at radius 1 is 1.16 bits per heavy atom. The molecular weight excluding hydrogens is 422 g/mol. The quantitative estimate of drug-likeness (QED) is 0.294. The van der Waals surface area contributed by atoms with Crippen LogP contribution in [0.25, 0.3) is 5.82 Å². The molecule has 0 radical (unpaired) electrons. The van der Waals surface area contributed by atoms with Gasteiger partial charge in [-0.3, -0.25) is 4.79 Å². The monoisotopic (exact) mass is 437 g/mol. The van der Waals surface area contributed by atoms with Gasteiger partial charge < -0.3 is 11.1 Å². The topological polar surface area (TPSA) is 149 Å². The lowest BCUT2D eigenvalue weighted by molar-refractivity contribution is 0.0949. The number of carbonyl (C=O) groups excluding carboxylic acids is 1. The Hall–Kier alpha value is -4.25. The van der Waals surface area contributed by atoms with E-state index in [-0.39, 0.29) is 23.9 Å². The fraction of sp³-hybridized carbons (Fsp3) is 0.0526. The first-order chi connectivity index (χ1) is 15.1. The third kappa shape index (κ3) is 4.51. The predicted molar refractivity (Wildman–Crippen MR) is 114 cm³/mol. The number of hydrogen-bond donors (Lipinski definition) is 3. The maximum absolute atomic E-state index is 12.7. The number of nitrogens with two attached hydrogens (primary N) is 1. The van der Waals surface area contributed by atoms with Crippen LogP contribution < -0.4 is 16.5 Å². The number of halogens is 1. The fourth-order valence-electron chi connectivity index (χ4n) is 2.68. The standard InChI is InChI=1S/C19H16ClN9O2/c20-14-9-5-4-6-12(14)10-23-25-19(30)16-15(11-22-13-7-2-1-3-8-13)29(28-24-16)18-17(21)26-31-27-18/h1-10,22H,11H2,(H2,21,26)(H,25,30)/b23-10+. The molecule has 4 rings (SSSR count). The number of rotatable bonds is 7. The molecule has 2 heterocycles. The second-order valence-corrected chi connectivity index (χ2v) is 6.62. The van der Waals surface area contributed by atoms with Gasteiger partial charge in [0.05, 0.1) is 18.5 Å². The molecule has 4 aromatic rings. The number of nitrogens with one attached hydrogen (secondary N) is 2. The number of aromatic nitrogens is 5. The second-order valence-electron chi connectivity index (χ2n) is 6.21. The highest BCUT2D eigenvalue weighted by atomic mass is 35.5. The summed E-state index contributed by atoms with van der Waals surface area (Å²) in [5.41, 5.74) is 10.1. The van der Waals surface area contributed by atoms with Crippen molar-refractivity contribution in [3.63, 3.8) is 0 Å². The average molecular weight is 438 g/mol. The van der Waals surface area contributed by atoms with Gasteiger partial charge in [-0.25, -0.2) is 10.1 Å². The van der Waals surface area contributed by atoms with Crippen LogP contribution in [0.15, 0.2) is 64.3 Å². The number of nitrogen functional groups attached to an aromatic ring is 1. The van der Waals surface area contributed by atoms with E-state index in [1.54, 1.807) is 18.2 Å². The van der Waals surface area contributed by atoms with Crippen LogP contribution in [0.5, 0.6) is 0 Å². The molecule has 0 spiro atoms. The van der Waals surface area contributed by atoms with Gasteiger partial charge in [-0.2, -0.15) is 9.78 Å². The molecular formula is C19H16ClN9O2. The summed E-state index contributed by atoms with van der Waals surface area (Å²) in [5.74, 6) is -0.444. The summed E-state index contributed by atoms with van der Waals surface area (Å²) >= 11 is 6.08. The molecule has 0 saturated carbocycles. The Morgan fingerprint density at radius 3 is 2.68 bits per heavy atom. The maximum Gasteiger partial charge on any atom is 0.293 e. The molecule has 4 N–H and O–H groups in total. The summed E-state index contributed by atoms with van der Waals surface area (Å²) in [6.07, 6.45) is 1.44. The lowest BCUT2D eigenvalue weighted by Crippen LogP contribution is -2.21. The minimum atomic E-state index is -0.575. The zero-order chi connectivity index (χ0) is 21.6. The molecule has 0 fully saturated rings. The van der Waals surface area contributed by atoms with Crippen LogP contribution >= 0.6 is 11.6 Å². The summed E-state index contributed by atoms with van der Waals surface area (Å²) in [4.78, 5) is 12.7. The van der Waals surface area contributed by atoms with Crippen molar-refractivity contribution in [3.05, 3.63) is 76.6 Å². The van der Waals surface area contributed by atoms with Crippen LogP contribution in [0, 0.1) is 0 Å². The third-order valence-corrected chi connectivity index (χ3v) is 4.53. The van der Waals surface area contributed by atoms with Gasteiger partial charge in [0.2, 0.25) is 11.6 Å². The number of hydrazone groups is 1. The molecule has 2 aromatic carbocycles. The highest BCUT2D eigenvalue weighted by Crippen LogP contribution is 2.18. The molecule has 0 aliphatic carbocycles. The van der Waals surface area contributed by atoms with Gasteiger partial charge in [0.25, 0.3) is 5.91 Å². The molecule has 11 nitrogen and oxygen atoms in total. The number of benzene rings is 2. The molecule has 2 aromatic heterocycles. The molecule has 12 heteroatoms. The van der Waals surface area contributed by atoms with Crippen LogP contribution in [0.1, 0.15) is 21.7 Å². The van der Waals surface area contributed by atoms with E-state index in [1.165, 1.54) is 10.9 Å². The molecule has 31 heavy (non-hydrogen) atoms. The number of amides is 1. The van der Waals surface area contributed by atoms with Gasteiger partial charge in [0, 0.05) is 16.3 Å². The highest BCUT2D eigenvalue weighted by Gasteiger charge is 2.23. The molecule has 0 atom stereocenters. The van der Waals surface area contributed by atoms with Gasteiger partial charge in [-0.1, -0.05) is 53.2 Å². The molecule has 0 saturated heterocycles. The lowest BCUT2D eigenvalue weighted by Gasteiger charge is -2.08. The fourth-order valence-corrected chi connectivity index (χ4v) is 2.86. The van der Waals surface area contributed by atoms with Crippen molar-refractivity contribution in [2.45, 2.75) is 6.54 Å². The van der Waals surface area contributed by atoms with Crippen LogP contribution in [-0.4, -0.2) is 37.4 Å². The van der Waals surface area contributed by atoms with E-state index in [0.717, 1.165) is 5.69 Å². The van der Waals surface area contributed by atoms with Crippen molar-refractivity contribution >= 4 is 35.2 Å². The Bertz CT molecular complexity index is 1220. The van der Waals surface area contributed by atoms with Crippen molar-refractivity contribution < 1.29 is 9.42 Å². The lowest BCUT2D eigenvalue weighted by atomic mass is 10.2. The van der Waals surface area contributed by atoms with Crippen molar-refractivity contribution in [2.75, 3.05) is 11.1 Å². The first kappa shape index (κ1) is 20.0. The number of para-hydroxylation sites is 1. The predicted octanol–water partition coefficient (Wildman–Crippen LogP) is 2.26. The largest absolute Gasteiger partial charge is 0.379 e. The van der Waals surface area contributed by atoms with E-state index in [0.29, 0.717) is 16.3 Å². The van der Waals surface area contributed by atoms with Crippen molar-refractivity contribution in [1.82, 2.24) is 30.7 Å². The molecule has 0 bridgehead atoms. The SMILES string of the molecule is Nc1nonc1-n1nnc(C(=O)N/N=C/c2ccccc2Cl)c1CNc1ccccc1. The summed E-state index contributed by atoms with van der Waals surface area (Å²) < 4.78 is 5.93. The van der Waals surface area contributed by atoms with E-state index in [2.05, 4.69) is 41.1 Å². The first-order valence-electron chi connectivity index (χ1n) is 9.03. The summed E-state index contributed by atoms with van der Waals surface area (Å²) in [7, 11) is 0. The minimum Gasteiger partial charge on any atom is -0.379 e. The minimum absolute atomic E-state index is 0.00885. The zero-order valence-corrected chi connectivity index (χ0v) is 16.7. The van der Waals surface area contributed by atoms with Gasteiger partial charge in [-0.05, 0) is 28.5 Å². The van der Waals surface area contributed by atoms with Gasteiger partial charge in [0.15, 0.2) is 5.69 Å². The van der Waals surface area contributed by atoms with Gasteiger partial charge in [0.1, 0.15) is 0 Å². The molecule has 0 aliphatic heterocycles. The van der Waals surface area contributed by atoms with Crippen LogP contribution in [-0.2, 0) is 6.54 Å². The molecule has 1 amide bonds. The molecule has 0 aliphatic rings.